The van der Waals surface area contributed by atoms with Gasteiger partial charge in [0.05, 0.1) is 0 Å². The van der Waals surface area contributed by atoms with Gasteiger partial charge in [-0.05, 0) is 19.3 Å². The smallest absolute Gasteiger partial charge is 0.315 e. The van der Waals surface area contributed by atoms with Crippen LogP contribution in [-0.2, 0) is 4.79 Å². The monoisotopic (exact) mass is 224 g/mol. The molecular weight excluding hydrogens is 204 g/mol. The highest BCUT2D eigenvalue weighted by molar-refractivity contribution is 6.04. The van der Waals surface area contributed by atoms with E-state index in [9.17, 15) is 9.59 Å². The van der Waals surface area contributed by atoms with Gasteiger partial charge in [0, 0.05) is 13.1 Å². The van der Waals surface area contributed by atoms with Crippen LogP contribution in [-0.4, -0.2) is 40.9 Å². The van der Waals surface area contributed by atoms with Gasteiger partial charge in [0.2, 0.25) is 0 Å². The number of carbonyl (C=O) groups is 2. The van der Waals surface area contributed by atoms with Gasteiger partial charge in [-0.1, -0.05) is 26.2 Å². The molecule has 0 aromatic rings. The zero-order valence-corrected chi connectivity index (χ0v) is 10.1. The van der Waals surface area contributed by atoms with Crippen molar-refractivity contribution in [3.05, 3.63) is 0 Å². The third-order valence-corrected chi connectivity index (χ3v) is 3.82. The van der Waals surface area contributed by atoms with Crippen LogP contribution in [0.2, 0.25) is 0 Å². The quantitative estimate of drug-likeness (QED) is 0.673. The van der Waals surface area contributed by atoms with E-state index in [1.165, 1.54) is 11.3 Å². The minimum Gasteiger partial charge on any atom is -0.315 e. The topological polar surface area (TPSA) is 40.6 Å². The van der Waals surface area contributed by atoms with E-state index in [4.69, 9.17) is 0 Å². The maximum absolute atomic E-state index is 12.1. The molecule has 1 atom stereocenters. The van der Waals surface area contributed by atoms with Crippen LogP contribution in [0, 0.1) is 0 Å². The first kappa shape index (κ1) is 11.4. The molecule has 0 spiro atoms. The first-order chi connectivity index (χ1) is 7.66. The molecule has 1 saturated heterocycles. The Bertz CT molecular complexity index is 297. The minimum absolute atomic E-state index is 0.0156. The van der Waals surface area contributed by atoms with Crippen molar-refractivity contribution in [2.75, 3.05) is 7.05 Å². The number of hydrogen-bond acceptors (Lipinski definition) is 2. The summed E-state index contributed by atoms with van der Waals surface area (Å²) in [5.74, 6) is 0.0156. The molecule has 1 heterocycles. The number of hydrogen-bond donors (Lipinski definition) is 0. The predicted octanol–water partition coefficient (Wildman–Crippen LogP) is 1.99. The number of carbonyl (C=O) groups excluding carboxylic acids is 2. The summed E-state index contributed by atoms with van der Waals surface area (Å²) in [7, 11) is 1.73. The Kier molecular flexibility index (Phi) is 3.17. The predicted molar refractivity (Wildman–Crippen MR) is 61.0 cm³/mol. The van der Waals surface area contributed by atoms with Crippen molar-refractivity contribution in [3.8, 4) is 0 Å². The Morgan fingerprint density at radius 2 is 1.81 bits per heavy atom. The van der Waals surface area contributed by atoms with Gasteiger partial charge < -0.3 is 4.90 Å². The Balaban J connectivity index is 2.14. The summed E-state index contributed by atoms with van der Waals surface area (Å²) in [6.45, 7) is 1.96. The van der Waals surface area contributed by atoms with Crippen LogP contribution in [0.1, 0.15) is 45.4 Å². The van der Waals surface area contributed by atoms with E-state index >= 15 is 0 Å². The van der Waals surface area contributed by atoms with E-state index in [-0.39, 0.29) is 24.0 Å². The number of urea groups is 1. The zero-order valence-electron chi connectivity index (χ0n) is 10.1. The summed E-state index contributed by atoms with van der Waals surface area (Å²) < 4.78 is 0. The third-order valence-electron chi connectivity index (χ3n) is 3.82. The molecule has 3 amide bonds. The molecule has 90 valence electrons. The fourth-order valence-corrected chi connectivity index (χ4v) is 2.85. The summed E-state index contributed by atoms with van der Waals surface area (Å²) in [5.41, 5.74) is 0. The Hall–Kier alpha value is -1.06. The van der Waals surface area contributed by atoms with E-state index in [1.54, 1.807) is 11.9 Å². The molecule has 4 heteroatoms. The van der Waals surface area contributed by atoms with Gasteiger partial charge in [-0.25, -0.2) is 4.79 Å². The number of imide groups is 1. The molecule has 1 aliphatic heterocycles. The van der Waals surface area contributed by atoms with Crippen molar-refractivity contribution < 1.29 is 9.59 Å². The van der Waals surface area contributed by atoms with Gasteiger partial charge in [-0.15, -0.1) is 0 Å². The van der Waals surface area contributed by atoms with Crippen LogP contribution in [0.15, 0.2) is 0 Å². The second-order valence-corrected chi connectivity index (χ2v) is 4.82. The molecule has 1 saturated carbocycles. The summed E-state index contributed by atoms with van der Waals surface area (Å²) in [6, 6.07) is -0.161. The molecule has 4 nitrogen and oxygen atoms in total. The van der Waals surface area contributed by atoms with E-state index in [2.05, 4.69) is 0 Å². The SMILES string of the molecule is CCC1C(=O)N(C2CCCCC2)C(=O)N1C. The lowest BCUT2D eigenvalue weighted by Gasteiger charge is -2.28. The van der Waals surface area contributed by atoms with Crippen LogP contribution in [0.25, 0.3) is 0 Å². The second kappa shape index (κ2) is 4.44. The van der Waals surface area contributed by atoms with Gasteiger partial charge in [0.1, 0.15) is 6.04 Å². The van der Waals surface area contributed by atoms with E-state index in [0.717, 1.165) is 25.7 Å². The third kappa shape index (κ3) is 1.70. The van der Waals surface area contributed by atoms with Crippen LogP contribution in [0.5, 0.6) is 0 Å². The highest BCUT2D eigenvalue weighted by atomic mass is 16.2. The lowest BCUT2D eigenvalue weighted by Crippen LogP contribution is -2.42. The molecule has 0 radical (unpaired) electrons. The van der Waals surface area contributed by atoms with Crippen molar-refractivity contribution in [1.29, 1.82) is 0 Å². The number of likely N-dealkylation sites (N-methyl/N-ethyl adjacent to an activating group) is 1. The first-order valence-corrected chi connectivity index (χ1v) is 6.26. The highest BCUT2D eigenvalue weighted by Crippen LogP contribution is 2.28. The normalized spacial score (nSPS) is 28.0. The molecule has 0 N–H and O–H groups in total. The first-order valence-electron chi connectivity index (χ1n) is 6.26. The van der Waals surface area contributed by atoms with Crippen molar-refractivity contribution in [1.82, 2.24) is 9.80 Å². The molecular formula is C12H20N2O2. The van der Waals surface area contributed by atoms with Crippen LogP contribution >= 0.6 is 0 Å². The summed E-state index contributed by atoms with van der Waals surface area (Å²) >= 11 is 0. The molecule has 2 fully saturated rings. The molecule has 2 rings (SSSR count). The van der Waals surface area contributed by atoms with Crippen molar-refractivity contribution in [3.63, 3.8) is 0 Å². The van der Waals surface area contributed by atoms with Crippen LogP contribution in [0.4, 0.5) is 4.79 Å². The Morgan fingerprint density at radius 1 is 1.19 bits per heavy atom. The van der Waals surface area contributed by atoms with Crippen molar-refractivity contribution >= 4 is 11.9 Å². The Labute approximate surface area is 96.6 Å². The second-order valence-electron chi connectivity index (χ2n) is 4.82. The Morgan fingerprint density at radius 3 is 2.31 bits per heavy atom. The number of amides is 3. The molecule has 16 heavy (non-hydrogen) atoms. The number of rotatable bonds is 2. The fourth-order valence-electron chi connectivity index (χ4n) is 2.85. The zero-order chi connectivity index (χ0) is 11.7. The fraction of sp³-hybridized carbons (Fsp3) is 0.833. The molecule has 2 aliphatic rings. The van der Waals surface area contributed by atoms with E-state index in [1.807, 2.05) is 6.92 Å². The average Bonchev–Trinajstić information content (AvgIpc) is 2.51. The van der Waals surface area contributed by atoms with Gasteiger partial charge in [-0.2, -0.15) is 0 Å². The average molecular weight is 224 g/mol. The van der Waals surface area contributed by atoms with E-state index in [0.29, 0.717) is 6.42 Å². The summed E-state index contributed by atoms with van der Waals surface area (Å²) in [4.78, 5) is 27.3. The lowest BCUT2D eigenvalue weighted by molar-refractivity contribution is -0.130. The van der Waals surface area contributed by atoms with Gasteiger partial charge in [0.15, 0.2) is 0 Å². The van der Waals surface area contributed by atoms with Crippen LogP contribution in [0.3, 0.4) is 0 Å². The van der Waals surface area contributed by atoms with Gasteiger partial charge >= 0.3 is 6.03 Å². The van der Waals surface area contributed by atoms with Crippen molar-refractivity contribution in [2.45, 2.75) is 57.5 Å². The maximum atomic E-state index is 12.1. The minimum atomic E-state index is -0.227. The molecule has 0 aromatic carbocycles. The van der Waals surface area contributed by atoms with Crippen LogP contribution < -0.4 is 0 Å². The van der Waals surface area contributed by atoms with E-state index < -0.39 is 0 Å². The molecule has 1 unspecified atom stereocenters. The van der Waals surface area contributed by atoms with Gasteiger partial charge in [0.25, 0.3) is 5.91 Å². The summed E-state index contributed by atoms with van der Waals surface area (Å²) in [5, 5.41) is 0. The highest BCUT2D eigenvalue weighted by Gasteiger charge is 2.45. The molecule has 0 bridgehead atoms. The largest absolute Gasteiger partial charge is 0.327 e. The standard InChI is InChI=1S/C12H20N2O2/c1-3-10-11(15)14(12(16)13(10)2)9-7-5-4-6-8-9/h9-10H,3-8H2,1-2H3. The maximum Gasteiger partial charge on any atom is 0.327 e. The molecule has 0 aromatic heterocycles. The summed E-state index contributed by atoms with van der Waals surface area (Å²) in [6.07, 6.45) is 6.21. The molecule has 1 aliphatic carbocycles. The number of nitrogens with zero attached hydrogens (tertiary/aromatic N) is 2. The lowest BCUT2D eigenvalue weighted by atomic mass is 9.94. The van der Waals surface area contributed by atoms with Crippen molar-refractivity contribution in [2.24, 2.45) is 0 Å². The van der Waals surface area contributed by atoms with Gasteiger partial charge in [-0.3, -0.25) is 9.69 Å².